The summed E-state index contributed by atoms with van der Waals surface area (Å²) in [6, 6.07) is 4.54. The van der Waals surface area contributed by atoms with Crippen molar-refractivity contribution < 1.29 is 23.5 Å². The van der Waals surface area contributed by atoms with Crippen LogP contribution in [0.25, 0.3) is 0 Å². The lowest BCUT2D eigenvalue weighted by Crippen LogP contribution is -2.18. The predicted octanol–water partition coefficient (Wildman–Crippen LogP) is 1.69. The van der Waals surface area contributed by atoms with Crippen LogP contribution in [-0.2, 0) is 15.5 Å². The Bertz CT molecular complexity index is 461. The molecule has 1 rings (SSSR count). The number of carbonyl (C=O) groups is 1. The van der Waals surface area contributed by atoms with Crippen molar-refractivity contribution in [2.75, 3.05) is 7.11 Å². The molecule has 0 aliphatic carbocycles. The van der Waals surface area contributed by atoms with Gasteiger partial charge in [-0.05, 0) is 31.0 Å². The molecule has 6 nitrogen and oxygen atoms in total. The molecule has 100 valence electrons. The van der Waals surface area contributed by atoms with Gasteiger partial charge in [0.1, 0.15) is 11.3 Å². The third kappa shape index (κ3) is 4.14. The average molecular weight is 273 g/mol. The molecular formula is C11H16NO5P. The fourth-order valence-electron chi connectivity index (χ4n) is 1.46. The quantitative estimate of drug-likeness (QED) is 0.765. The van der Waals surface area contributed by atoms with Gasteiger partial charge in [-0.1, -0.05) is 6.07 Å². The van der Waals surface area contributed by atoms with Crippen LogP contribution < -0.4 is 10.3 Å². The van der Waals surface area contributed by atoms with Crippen molar-refractivity contribution in [1.82, 2.24) is 0 Å². The highest BCUT2D eigenvalue weighted by atomic mass is 31.1. The van der Waals surface area contributed by atoms with Crippen LogP contribution in [0.2, 0.25) is 0 Å². The Morgan fingerprint density at radius 3 is 2.72 bits per heavy atom. The highest BCUT2D eigenvalue weighted by Crippen LogP contribution is 2.30. The summed E-state index contributed by atoms with van der Waals surface area (Å²) in [5.41, 5.74) is 6.38. The summed E-state index contributed by atoms with van der Waals surface area (Å²) in [4.78, 5) is 11.1. The highest BCUT2D eigenvalue weighted by Gasteiger charge is 2.14. The molecular weight excluding hydrogens is 257 g/mol. The predicted molar refractivity (Wildman–Crippen MR) is 67.4 cm³/mol. The molecule has 0 fully saturated rings. The topological polar surface area (TPSA) is 98.9 Å². The van der Waals surface area contributed by atoms with Gasteiger partial charge in [0.25, 0.3) is 0 Å². The number of carboxylic acids is 1. The molecule has 2 atom stereocenters. The molecule has 1 aromatic carbocycles. The molecule has 0 aliphatic heterocycles. The molecule has 0 spiro atoms. The third-order valence-corrected chi connectivity index (χ3v) is 2.91. The van der Waals surface area contributed by atoms with Crippen LogP contribution in [0.3, 0.4) is 0 Å². The second kappa shape index (κ2) is 6.54. The lowest BCUT2D eigenvalue weighted by atomic mass is 10.0. The summed E-state index contributed by atoms with van der Waals surface area (Å²) < 4.78 is 20.6. The fraction of sp³-hybridized carbons (Fsp3) is 0.364. The minimum atomic E-state index is -2.71. The Labute approximate surface area is 106 Å². The first-order valence-corrected chi connectivity index (χ1v) is 6.54. The van der Waals surface area contributed by atoms with Crippen molar-refractivity contribution in [2.24, 2.45) is 5.73 Å². The number of aromatic carboxylic acids is 1. The summed E-state index contributed by atoms with van der Waals surface area (Å²) >= 11 is 0. The summed E-state index contributed by atoms with van der Waals surface area (Å²) in [5.74, 6) is -1.12. The van der Waals surface area contributed by atoms with E-state index in [9.17, 15) is 9.36 Å². The summed E-state index contributed by atoms with van der Waals surface area (Å²) in [6.07, 6.45) is 0.556. The minimum absolute atomic E-state index is 0.0293. The van der Waals surface area contributed by atoms with Crippen molar-refractivity contribution in [2.45, 2.75) is 19.4 Å². The van der Waals surface area contributed by atoms with Crippen LogP contribution in [0.15, 0.2) is 18.2 Å². The first-order chi connectivity index (χ1) is 8.43. The fourth-order valence-corrected chi connectivity index (χ4v) is 1.90. The van der Waals surface area contributed by atoms with Gasteiger partial charge in [-0.25, -0.2) is 9.36 Å². The Kier molecular flexibility index (Phi) is 5.34. The van der Waals surface area contributed by atoms with Crippen LogP contribution in [0, 0.1) is 0 Å². The zero-order chi connectivity index (χ0) is 13.7. The maximum Gasteiger partial charge on any atom is 0.367 e. The number of hydrogen-bond donors (Lipinski definition) is 2. The van der Waals surface area contributed by atoms with Crippen LogP contribution in [0.4, 0.5) is 0 Å². The van der Waals surface area contributed by atoms with Crippen LogP contribution in [0.1, 0.15) is 22.8 Å². The van der Waals surface area contributed by atoms with Gasteiger partial charge in [-0.15, -0.1) is 0 Å². The van der Waals surface area contributed by atoms with Crippen LogP contribution in [-0.4, -0.2) is 24.2 Å². The molecule has 18 heavy (non-hydrogen) atoms. The average Bonchev–Trinajstić information content (AvgIpc) is 2.29. The Morgan fingerprint density at radius 1 is 1.56 bits per heavy atom. The van der Waals surface area contributed by atoms with E-state index < -0.39 is 14.2 Å². The van der Waals surface area contributed by atoms with Crippen molar-refractivity contribution >= 4 is 14.2 Å². The highest BCUT2D eigenvalue weighted by molar-refractivity contribution is 7.33. The molecule has 0 heterocycles. The van der Waals surface area contributed by atoms with Gasteiger partial charge >= 0.3 is 14.2 Å². The molecule has 0 saturated carbocycles. The van der Waals surface area contributed by atoms with Crippen LogP contribution in [0.5, 0.6) is 5.75 Å². The molecule has 1 unspecified atom stereocenters. The molecule has 0 aromatic heterocycles. The molecule has 0 aliphatic rings. The number of carboxylic acid groups (broad SMARTS) is 1. The van der Waals surface area contributed by atoms with E-state index in [1.54, 1.807) is 6.07 Å². The Morgan fingerprint density at radius 2 is 2.22 bits per heavy atom. The van der Waals surface area contributed by atoms with E-state index in [4.69, 9.17) is 15.4 Å². The summed E-state index contributed by atoms with van der Waals surface area (Å²) in [5, 5.41) is 9.07. The smallest absolute Gasteiger partial charge is 0.367 e. The number of benzene rings is 1. The largest absolute Gasteiger partial charge is 0.478 e. The minimum Gasteiger partial charge on any atom is -0.478 e. The lowest BCUT2D eigenvalue weighted by Gasteiger charge is -2.10. The first kappa shape index (κ1) is 14.7. The van der Waals surface area contributed by atoms with Gasteiger partial charge in [0.15, 0.2) is 0 Å². The van der Waals surface area contributed by atoms with E-state index >= 15 is 0 Å². The monoisotopic (exact) mass is 273 g/mol. The van der Waals surface area contributed by atoms with Gasteiger partial charge < -0.3 is 19.9 Å². The Balaban J connectivity index is 3.04. The zero-order valence-corrected chi connectivity index (χ0v) is 11.2. The van der Waals surface area contributed by atoms with E-state index in [1.807, 2.05) is 6.92 Å². The van der Waals surface area contributed by atoms with Crippen molar-refractivity contribution in [3.05, 3.63) is 29.3 Å². The lowest BCUT2D eigenvalue weighted by molar-refractivity contribution is 0.0694. The van der Waals surface area contributed by atoms with E-state index in [1.165, 1.54) is 19.2 Å². The number of hydrogen-bond acceptors (Lipinski definition) is 5. The van der Waals surface area contributed by atoms with Crippen molar-refractivity contribution in [3.8, 4) is 5.75 Å². The van der Waals surface area contributed by atoms with E-state index in [0.29, 0.717) is 6.42 Å². The number of nitrogens with two attached hydrogens (primary N) is 1. The van der Waals surface area contributed by atoms with E-state index in [0.717, 1.165) is 5.56 Å². The molecule has 0 bridgehead atoms. The van der Waals surface area contributed by atoms with Gasteiger partial charge in [-0.3, -0.25) is 0 Å². The molecule has 0 radical (unpaired) electrons. The third-order valence-electron chi connectivity index (χ3n) is 2.19. The summed E-state index contributed by atoms with van der Waals surface area (Å²) in [7, 11) is -1.48. The summed E-state index contributed by atoms with van der Waals surface area (Å²) in [6.45, 7) is 1.83. The van der Waals surface area contributed by atoms with Gasteiger partial charge in [0.05, 0.1) is 0 Å². The molecule has 0 saturated heterocycles. The Hall–Kier alpha value is -1.36. The molecule has 3 N–H and O–H groups in total. The number of rotatable bonds is 6. The molecule has 1 aromatic rings. The van der Waals surface area contributed by atoms with Crippen molar-refractivity contribution in [1.29, 1.82) is 0 Å². The standard InChI is InChI=1S/C11H16NO5P/c1-7(12)5-8-3-4-10(17-18(15)16-2)9(6-8)11(13)14/h3-4,6-7,18H,5,12H2,1-2H3,(H,13,14)/t7-/m1/s1. The van der Waals surface area contributed by atoms with Gasteiger partial charge in [-0.2, -0.15) is 0 Å². The SMILES string of the molecule is CO[PH](=O)Oc1ccc(C[C@@H](C)N)cc1C(=O)O. The van der Waals surface area contributed by atoms with Gasteiger partial charge in [0.2, 0.25) is 0 Å². The normalized spacial score (nSPS) is 13.9. The maximum atomic E-state index is 11.1. The first-order valence-electron chi connectivity index (χ1n) is 5.31. The van der Waals surface area contributed by atoms with Crippen molar-refractivity contribution in [3.63, 3.8) is 0 Å². The molecule has 0 amide bonds. The van der Waals surface area contributed by atoms with Gasteiger partial charge in [0, 0.05) is 13.2 Å². The van der Waals surface area contributed by atoms with E-state index in [2.05, 4.69) is 4.52 Å². The zero-order valence-electron chi connectivity index (χ0n) is 10.2. The second-order valence-electron chi connectivity index (χ2n) is 3.87. The van der Waals surface area contributed by atoms with E-state index in [-0.39, 0.29) is 17.4 Å². The molecule has 7 heteroatoms. The maximum absolute atomic E-state index is 11.1. The van der Waals surface area contributed by atoms with Crippen LogP contribution >= 0.6 is 8.25 Å². The second-order valence-corrected chi connectivity index (χ2v) is 4.99.